The van der Waals surface area contributed by atoms with Crippen LogP contribution in [0.4, 0.5) is 0 Å². The molecule has 3 saturated carbocycles. The number of hydrogen-bond acceptors (Lipinski definition) is 3. The van der Waals surface area contributed by atoms with Gasteiger partial charge in [-0.2, -0.15) is 11.3 Å². The van der Waals surface area contributed by atoms with Crippen LogP contribution in [0.5, 0.6) is 0 Å². The summed E-state index contributed by atoms with van der Waals surface area (Å²) >= 11 is 1.89. The van der Waals surface area contributed by atoms with Gasteiger partial charge in [-0.15, -0.1) is 0 Å². The standard InChI is InChI=1S/C29H43NOS/c1-28-12-9-23(31-17-16-30-14-3-4-15-30)19-22(28)5-6-24-26-8-7-25(21-11-18-32-20-21)29(26,2)13-10-27(24)28/h11,18-20,23-27H,3-10,12-17H2,1-2H3/t23-,24-,25+,26+,27-,28-,29+/m0/s1. The number of likely N-dealkylation sites (tertiary alicyclic amines) is 1. The van der Waals surface area contributed by atoms with Gasteiger partial charge in [-0.25, -0.2) is 0 Å². The largest absolute Gasteiger partial charge is 0.373 e. The Morgan fingerprint density at radius 2 is 1.91 bits per heavy atom. The van der Waals surface area contributed by atoms with E-state index in [0.29, 0.717) is 16.9 Å². The molecule has 0 bridgehead atoms. The number of ether oxygens (including phenoxy) is 1. The molecule has 4 fully saturated rings. The summed E-state index contributed by atoms with van der Waals surface area (Å²) in [5.74, 6) is 3.61. The normalized spacial score (nSPS) is 44.1. The average molecular weight is 454 g/mol. The summed E-state index contributed by atoms with van der Waals surface area (Å²) in [5, 5.41) is 4.74. The van der Waals surface area contributed by atoms with E-state index in [0.717, 1.165) is 36.8 Å². The van der Waals surface area contributed by atoms with Crippen molar-refractivity contribution in [1.29, 1.82) is 0 Å². The number of hydrogen-bond donors (Lipinski definition) is 0. The zero-order valence-corrected chi connectivity index (χ0v) is 21.2. The van der Waals surface area contributed by atoms with E-state index in [4.69, 9.17) is 4.74 Å². The third-order valence-corrected chi connectivity index (χ3v) is 11.7. The van der Waals surface area contributed by atoms with Gasteiger partial charge in [-0.1, -0.05) is 25.5 Å². The molecule has 1 aromatic heterocycles. The second kappa shape index (κ2) is 8.54. The zero-order chi connectivity index (χ0) is 21.8. The first-order valence-electron chi connectivity index (χ1n) is 13.7. The van der Waals surface area contributed by atoms with Crippen LogP contribution in [0, 0.1) is 28.6 Å². The molecular weight excluding hydrogens is 410 g/mol. The lowest BCUT2D eigenvalue weighted by molar-refractivity contribution is -0.0506. The monoisotopic (exact) mass is 453 g/mol. The van der Waals surface area contributed by atoms with Gasteiger partial charge < -0.3 is 9.64 Å². The molecule has 2 nitrogen and oxygen atoms in total. The van der Waals surface area contributed by atoms with E-state index in [9.17, 15) is 0 Å². The summed E-state index contributed by atoms with van der Waals surface area (Å²) in [6.07, 6.45) is 16.9. The first kappa shape index (κ1) is 21.9. The fourth-order valence-corrected chi connectivity index (χ4v) is 9.90. The molecule has 1 aliphatic heterocycles. The smallest absolute Gasteiger partial charge is 0.0759 e. The van der Waals surface area contributed by atoms with Crippen LogP contribution < -0.4 is 0 Å². The van der Waals surface area contributed by atoms with Crippen molar-refractivity contribution in [2.24, 2.45) is 28.6 Å². The van der Waals surface area contributed by atoms with E-state index in [1.54, 1.807) is 11.1 Å². The Morgan fingerprint density at radius 3 is 2.72 bits per heavy atom. The van der Waals surface area contributed by atoms with Crippen molar-refractivity contribution in [2.75, 3.05) is 26.2 Å². The van der Waals surface area contributed by atoms with Crippen LogP contribution in [-0.2, 0) is 4.74 Å². The van der Waals surface area contributed by atoms with Gasteiger partial charge in [0.25, 0.3) is 0 Å². The lowest BCUT2D eigenvalue weighted by atomic mass is 9.46. The molecule has 1 saturated heterocycles. The third-order valence-electron chi connectivity index (χ3n) is 11.0. The highest BCUT2D eigenvalue weighted by atomic mass is 32.1. The van der Waals surface area contributed by atoms with Crippen molar-refractivity contribution in [3.05, 3.63) is 34.0 Å². The van der Waals surface area contributed by atoms with Gasteiger partial charge >= 0.3 is 0 Å². The molecule has 3 heteroatoms. The van der Waals surface area contributed by atoms with Gasteiger partial charge in [0.05, 0.1) is 12.7 Å². The average Bonchev–Trinajstić information content (AvgIpc) is 3.54. The van der Waals surface area contributed by atoms with Crippen molar-refractivity contribution in [2.45, 2.75) is 90.1 Å². The van der Waals surface area contributed by atoms with Gasteiger partial charge in [-0.3, -0.25) is 0 Å². The van der Waals surface area contributed by atoms with Gasteiger partial charge in [0, 0.05) is 6.54 Å². The summed E-state index contributed by atoms with van der Waals surface area (Å²) < 4.78 is 6.40. The topological polar surface area (TPSA) is 12.5 Å². The summed E-state index contributed by atoms with van der Waals surface area (Å²) in [7, 11) is 0. The maximum atomic E-state index is 6.40. The van der Waals surface area contributed by atoms with Crippen molar-refractivity contribution in [1.82, 2.24) is 4.90 Å². The molecular formula is C29H43NOS. The highest BCUT2D eigenvalue weighted by Gasteiger charge is 2.59. The molecule has 0 aromatic carbocycles. The summed E-state index contributed by atoms with van der Waals surface area (Å²) in [6.45, 7) is 9.92. The van der Waals surface area contributed by atoms with Gasteiger partial charge in [0.15, 0.2) is 0 Å². The minimum atomic E-state index is 0.375. The maximum absolute atomic E-state index is 6.40. The molecule has 1 aromatic rings. The first-order valence-corrected chi connectivity index (χ1v) is 14.6. The van der Waals surface area contributed by atoms with Crippen LogP contribution in [0.25, 0.3) is 0 Å². The molecule has 6 rings (SSSR count). The molecule has 0 amide bonds. The summed E-state index contributed by atoms with van der Waals surface area (Å²) in [6, 6.07) is 2.42. The highest BCUT2D eigenvalue weighted by Crippen LogP contribution is 2.68. The number of nitrogens with zero attached hydrogens (tertiary/aromatic N) is 1. The Kier molecular flexibility index (Phi) is 5.83. The fraction of sp³-hybridized carbons (Fsp3) is 0.793. The SMILES string of the molecule is C[C@]12CC[C@H]3[C@@H](CCC4=C[C@@H](OCCN5CCCC5)CC[C@@]43C)[C@H]1CC[C@@H]2c1ccsc1. The fourth-order valence-electron chi connectivity index (χ4n) is 9.19. The predicted octanol–water partition coefficient (Wildman–Crippen LogP) is 7.28. The molecule has 0 spiro atoms. The molecule has 7 atom stereocenters. The van der Waals surface area contributed by atoms with E-state index in [2.05, 4.69) is 41.6 Å². The van der Waals surface area contributed by atoms with Crippen molar-refractivity contribution in [3.63, 3.8) is 0 Å². The number of rotatable bonds is 5. The zero-order valence-electron chi connectivity index (χ0n) is 20.4. The molecule has 0 radical (unpaired) electrons. The Balaban J connectivity index is 1.14. The van der Waals surface area contributed by atoms with Crippen molar-refractivity contribution in [3.8, 4) is 0 Å². The molecule has 4 aliphatic carbocycles. The number of fused-ring (bicyclic) bond motifs is 5. The molecule has 2 heterocycles. The van der Waals surface area contributed by atoms with E-state index >= 15 is 0 Å². The van der Waals surface area contributed by atoms with E-state index in [1.807, 2.05) is 11.3 Å². The summed E-state index contributed by atoms with van der Waals surface area (Å²) in [5.41, 5.74) is 4.40. The van der Waals surface area contributed by atoms with Crippen LogP contribution in [0.15, 0.2) is 28.5 Å². The second-order valence-corrected chi connectivity index (χ2v) is 13.0. The Bertz CT molecular complexity index is 826. The minimum Gasteiger partial charge on any atom is -0.373 e. The van der Waals surface area contributed by atoms with Crippen LogP contribution in [-0.4, -0.2) is 37.2 Å². The van der Waals surface area contributed by atoms with Gasteiger partial charge in [0.1, 0.15) is 0 Å². The lowest BCUT2D eigenvalue weighted by Crippen LogP contribution is -2.50. The number of allylic oxidation sites excluding steroid dienone is 1. The molecule has 176 valence electrons. The molecule has 5 aliphatic rings. The third kappa shape index (κ3) is 3.57. The van der Waals surface area contributed by atoms with Crippen LogP contribution in [0.2, 0.25) is 0 Å². The minimum absolute atomic E-state index is 0.375. The highest BCUT2D eigenvalue weighted by molar-refractivity contribution is 7.08. The quantitative estimate of drug-likeness (QED) is 0.434. The van der Waals surface area contributed by atoms with Crippen LogP contribution in [0.1, 0.15) is 89.5 Å². The maximum Gasteiger partial charge on any atom is 0.0759 e. The van der Waals surface area contributed by atoms with Gasteiger partial charge in [0.2, 0.25) is 0 Å². The van der Waals surface area contributed by atoms with Crippen molar-refractivity contribution >= 4 is 11.3 Å². The van der Waals surface area contributed by atoms with E-state index in [-0.39, 0.29) is 0 Å². The predicted molar refractivity (Wildman–Crippen MR) is 134 cm³/mol. The second-order valence-electron chi connectivity index (χ2n) is 12.3. The lowest BCUT2D eigenvalue weighted by Gasteiger charge is -2.58. The summed E-state index contributed by atoms with van der Waals surface area (Å²) in [4.78, 5) is 2.58. The van der Waals surface area contributed by atoms with Crippen molar-refractivity contribution < 1.29 is 4.74 Å². The Hall–Kier alpha value is -0.640. The molecule has 0 N–H and O–H groups in total. The van der Waals surface area contributed by atoms with E-state index < -0.39 is 0 Å². The molecule has 32 heavy (non-hydrogen) atoms. The number of thiophene rings is 1. The van der Waals surface area contributed by atoms with Crippen LogP contribution >= 0.6 is 11.3 Å². The van der Waals surface area contributed by atoms with Gasteiger partial charge in [-0.05, 0) is 134 Å². The Labute approximate surface area is 199 Å². The first-order chi connectivity index (χ1) is 15.6. The van der Waals surface area contributed by atoms with Crippen LogP contribution in [0.3, 0.4) is 0 Å². The Morgan fingerprint density at radius 1 is 1.03 bits per heavy atom. The molecule has 0 unspecified atom stereocenters. The van der Waals surface area contributed by atoms with E-state index in [1.165, 1.54) is 77.3 Å².